The molecule has 8 heteroatoms. The van der Waals surface area contributed by atoms with Crippen LogP contribution in [0.5, 0.6) is 11.5 Å². The lowest BCUT2D eigenvalue weighted by Gasteiger charge is -2.12. The molecule has 1 N–H and O–H groups in total. The minimum absolute atomic E-state index is 0. The molecule has 0 spiro atoms. The lowest BCUT2D eigenvalue weighted by atomic mass is 10.2. The van der Waals surface area contributed by atoms with Crippen molar-refractivity contribution in [1.29, 1.82) is 0 Å². The van der Waals surface area contributed by atoms with Crippen molar-refractivity contribution in [2.75, 3.05) is 13.2 Å². The Kier molecular flexibility index (Phi) is 6.55. The van der Waals surface area contributed by atoms with Crippen LogP contribution in [0.3, 0.4) is 0 Å². The largest absolute Gasteiger partial charge is 0.489 e. The number of nitrogens with zero attached hydrogens (tertiary/aromatic N) is 3. The van der Waals surface area contributed by atoms with E-state index in [4.69, 9.17) is 21.1 Å². The van der Waals surface area contributed by atoms with Crippen LogP contribution in [0.2, 0.25) is 5.02 Å². The molecule has 0 aliphatic carbocycles. The summed E-state index contributed by atoms with van der Waals surface area (Å²) in [6, 6.07) is 9.79. The van der Waals surface area contributed by atoms with E-state index in [1.54, 1.807) is 17.1 Å². The number of nitrogens with one attached hydrogen (secondary N) is 1. The number of fused-ring (bicyclic) bond motifs is 1. The van der Waals surface area contributed by atoms with Crippen LogP contribution in [-0.2, 0) is 13.1 Å². The van der Waals surface area contributed by atoms with E-state index in [0.29, 0.717) is 37.1 Å². The fourth-order valence-corrected chi connectivity index (χ4v) is 3.13. The monoisotopic (exact) mass is 406 g/mol. The van der Waals surface area contributed by atoms with Crippen LogP contribution in [0.25, 0.3) is 5.82 Å². The highest BCUT2D eigenvalue weighted by Gasteiger charge is 2.15. The van der Waals surface area contributed by atoms with E-state index in [1.807, 2.05) is 36.5 Å². The van der Waals surface area contributed by atoms with Gasteiger partial charge in [0.25, 0.3) is 0 Å². The summed E-state index contributed by atoms with van der Waals surface area (Å²) in [5.41, 5.74) is 2.19. The minimum atomic E-state index is 0. The van der Waals surface area contributed by atoms with Crippen LogP contribution in [0.1, 0.15) is 17.5 Å². The Morgan fingerprint density at radius 1 is 1.07 bits per heavy atom. The van der Waals surface area contributed by atoms with Gasteiger partial charge in [-0.1, -0.05) is 11.6 Å². The van der Waals surface area contributed by atoms with Crippen molar-refractivity contribution < 1.29 is 9.47 Å². The fraction of sp³-hybridized carbons (Fsp3) is 0.263. The van der Waals surface area contributed by atoms with E-state index in [2.05, 4.69) is 15.4 Å². The first-order chi connectivity index (χ1) is 12.8. The Bertz CT molecular complexity index is 887. The van der Waals surface area contributed by atoms with E-state index in [1.165, 1.54) is 0 Å². The molecule has 1 aromatic carbocycles. The number of pyridine rings is 1. The smallest absolute Gasteiger partial charge is 0.179 e. The highest BCUT2D eigenvalue weighted by Crippen LogP contribution is 2.37. The summed E-state index contributed by atoms with van der Waals surface area (Å²) in [7, 11) is 0. The number of benzene rings is 1. The molecule has 0 saturated carbocycles. The zero-order valence-corrected chi connectivity index (χ0v) is 16.2. The van der Waals surface area contributed by atoms with Crippen LogP contribution >= 0.6 is 24.0 Å². The summed E-state index contributed by atoms with van der Waals surface area (Å²) in [6.45, 7) is 2.66. The van der Waals surface area contributed by atoms with Gasteiger partial charge in [-0.25, -0.2) is 9.67 Å². The van der Waals surface area contributed by atoms with Crippen LogP contribution in [0.4, 0.5) is 0 Å². The Morgan fingerprint density at radius 3 is 2.78 bits per heavy atom. The normalized spacial score (nSPS) is 12.9. The highest BCUT2D eigenvalue weighted by atomic mass is 35.5. The van der Waals surface area contributed by atoms with Gasteiger partial charge in [-0.2, -0.15) is 5.10 Å². The average Bonchev–Trinajstić information content (AvgIpc) is 3.08. The van der Waals surface area contributed by atoms with Crippen molar-refractivity contribution in [3.63, 3.8) is 0 Å². The summed E-state index contributed by atoms with van der Waals surface area (Å²) < 4.78 is 13.1. The molecular weight excluding hydrogens is 387 g/mol. The molecule has 0 amide bonds. The topological polar surface area (TPSA) is 61.2 Å². The second-order valence-electron chi connectivity index (χ2n) is 6.03. The van der Waals surface area contributed by atoms with Crippen LogP contribution in [0.15, 0.2) is 48.9 Å². The predicted octanol–water partition coefficient (Wildman–Crippen LogP) is 3.79. The lowest BCUT2D eigenvalue weighted by molar-refractivity contribution is 0.297. The van der Waals surface area contributed by atoms with Gasteiger partial charge in [0.15, 0.2) is 17.3 Å². The molecule has 27 heavy (non-hydrogen) atoms. The van der Waals surface area contributed by atoms with Crippen molar-refractivity contribution in [1.82, 2.24) is 20.1 Å². The molecule has 4 rings (SSSR count). The van der Waals surface area contributed by atoms with Gasteiger partial charge in [0.05, 0.1) is 18.2 Å². The Morgan fingerprint density at radius 2 is 1.93 bits per heavy atom. The molecule has 0 unspecified atom stereocenters. The van der Waals surface area contributed by atoms with Gasteiger partial charge in [-0.05, 0) is 41.5 Å². The van der Waals surface area contributed by atoms with Crippen molar-refractivity contribution in [3.8, 4) is 17.3 Å². The van der Waals surface area contributed by atoms with Crippen molar-refractivity contribution >= 4 is 24.0 Å². The Hall–Kier alpha value is -2.28. The number of aromatic nitrogens is 3. The van der Waals surface area contributed by atoms with Gasteiger partial charge >= 0.3 is 0 Å². The van der Waals surface area contributed by atoms with Gasteiger partial charge in [0, 0.05) is 38.1 Å². The molecule has 3 aromatic rings. The van der Waals surface area contributed by atoms with E-state index < -0.39 is 0 Å². The molecule has 0 saturated heterocycles. The zero-order chi connectivity index (χ0) is 17.8. The van der Waals surface area contributed by atoms with Crippen LogP contribution in [-0.4, -0.2) is 28.0 Å². The van der Waals surface area contributed by atoms with Crippen molar-refractivity contribution in [2.45, 2.75) is 19.5 Å². The van der Waals surface area contributed by atoms with Crippen LogP contribution < -0.4 is 14.8 Å². The molecular formula is C19H20Cl2N4O2. The molecule has 2 aromatic heterocycles. The summed E-state index contributed by atoms with van der Waals surface area (Å²) >= 11 is 6.34. The summed E-state index contributed by atoms with van der Waals surface area (Å²) in [6.07, 6.45) is 6.26. The Labute approximate surface area is 168 Å². The first-order valence-electron chi connectivity index (χ1n) is 8.53. The SMILES string of the molecule is Cl.Clc1cc(CNCc2ccnc(-n3cccn3)c2)cc2c1OCCCO2. The molecule has 142 valence electrons. The molecule has 1 aliphatic heterocycles. The molecule has 6 nitrogen and oxygen atoms in total. The first kappa shape index (κ1) is 19.5. The van der Waals surface area contributed by atoms with Gasteiger partial charge in [0.2, 0.25) is 0 Å². The standard InChI is InChI=1S/C19H19ClN4O2.ClH/c20-16-9-15(10-17-19(16)26-8-2-7-25-17)13-21-12-14-3-5-22-18(11-14)24-6-1-4-23-24;/h1,3-6,9-11,21H,2,7-8,12-13H2;1H. The number of halogens is 2. The number of hydrogen-bond donors (Lipinski definition) is 1. The molecule has 0 bridgehead atoms. The zero-order valence-electron chi connectivity index (χ0n) is 14.6. The predicted molar refractivity (Wildman–Crippen MR) is 106 cm³/mol. The fourth-order valence-electron chi connectivity index (χ4n) is 2.84. The molecule has 0 fully saturated rings. The quantitative estimate of drug-likeness (QED) is 0.698. The second kappa shape index (κ2) is 9.08. The van der Waals surface area contributed by atoms with E-state index >= 15 is 0 Å². The summed E-state index contributed by atoms with van der Waals surface area (Å²) in [5.74, 6) is 2.16. The van der Waals surface area contributed by atoms with Crippen LogP contribution in [0, 0.1) is 0 Å². The maximum atomic E-state index is 6.34. The van der Waals surface area contributed by atoms with E-state index in [9.17, 15) is 0 Å². The lowest BCUT2D eigenvalue weighted by Crippen LogP contribution is -2.13. The summed E-state index contributed by atoms with van der Waals surface area (Å²) in [4.78, 5) is 4.34. The van der Waals surface area contributed by atoms with Gasteiger partial charge in [-0.15, -0.1) is 12.4 Å². The highest BCUT2D eigenvalue weighted by molar-refractivity contribution is 6.32. The number of hydrogen-bond acceptors (Lipinski definition) is 5. The average molecular weight is 407 g/mol. The first-order valence-corrected chi connectivity index (χ1v) is 8.91. The van der Waals surface area contributed by atoms with Gasteiger partial charge in [-0.3, -0.25) is 0 Å². The third kappa shape index (κ3) is 4.71. The summed E-state index contributed by atoms with van der Waals surface area (Å²) in [5, 5.41) is 8.22. The second-order valence-corrected chi connectivity index (χ2v) is 6.44. The molecule has 0 atom stereocenters. The maximum absolute atomic E-state index is 6.34. The molecule has 0 radical (unpaired) electrons. The molecule has 3 heterocycles. The van der Waals surface area contributed by atoms with Gasteiger partial charge < -0.3 is 14.8 Å². The van der Waals surface area contributed by atoms with E-state index in [-0.39, 0.29) is 12.4 Å². The van der Waals surface area contributed by atoms with Crippen molar-refractivity contribution in [3.05, 3.63) is 65.1 Å². The molecule has 1 aliphatic rings. The van der Waals surface area contributed by atoms with E-state index in [0.717, 1.165) is 29.1 Å². The third-order valence-corrected chi connectivity index (χ3v) is 4.35. The maximum Gasteiger partial charge on any atom is 0.179 e. The minimum Gasteiger partial charge on any atom is -0.489 e. The number of rotatable bonds is 5. The third-order valence-electron chi connectivity index (χ3n) is 4.07. The number of ether oxygens (including phenoxy) is 2. The van der Waals surface area contributed by atoms with Crippen molar-refractivity contribution in [2.24, 2.45) is 0 Å². The van der Waals surface area contributed by atoms with Gasteiger partial charge in [0.1, 0.15) is 0 Å². The Balaban J connectivity index is 0.00000210.